The summed E-state index contributed by atoms with van der Waals surface area (Å²) < 4.78 is 25.0. The van der Waals surface area contributed by atoms with Crippen LogP contribution in [0.1, 0.15) is 80.1 Å². The lowest BCUT2D eigenvalue weighted by molar-refractivity contribution is -0.295. The lowest BCUT2D eigenvalue weighted by Crippen LogP contribution is -2.59. The Hall–Kier alpha value is -1.40. The van der Waals surface area contributed by atoms with Crippen molar-refractivity contribution in [2.24, 2.45) is 23.2 Å². The number of hydrogen-bond donors (Lipinski definition) is 1. The molecule has 0 amide bonds. The molecule has 3 heterocycles. The summed E-state index contributed by atoms with van der Waals surface area (Å²) in [4.78, 5) is 34.7. The second kappa shape index (κ2) is 15.4. The minimum absolute atomic E-state index is 0.00667. The van der Waals surface area contributed by atoms with Crippen LogP contribution in [0, 0.1) is 23.2 Å². The van der Waals surface area contributed by atoms with E-state index < -0.39 is 41.4 Å². The van der Waals surface area contributed by atoms with Crippen LogP contribution in [-0.2, 0) is 28.5 Å². The van der Waals surface area contributed by atoms with Gasteiger partial charge in [0.1, 0.15) is 18.1 Å². The number of carbonyl (C=O) groups excluding carboxylic acids is 2. The first-order chi connectivity index (χ1) is 21.5. The minimum atomic E-state index is -1.41. The number of rotatable bonds is 8. The van der Waals surface area contributed by atoms with Crippen molar-refractivity contribution >= 4 is 11.8 Å². The van der Waals surface area contributed by atoms with Crippen LogP contribution in [0.2, 0.25) is 0 Å². The van der Waals surface area contributed by atoms with Crippen molar-refractivity contribution in [3.05, 3.63) is 11.6 Å². The highest BCUT2D eigenvalue weighted by Gasteiger charge is 2.51. The molecule has 0 bridgehead atoms. The molecule has 4 rings (SSSR count). The highest BCUT2D eigenvalue weighted by atomic mass is 16.7. The number of ketones is 1. The molecule has 1 saturated carbocycles. The Labute approximate surface area is 278 Å². The number of aliphatic hydroxyl groups is 1. The van der Waals surface area contributed by atoms with Crippen LogP contribution in [0.15, 0.2) is 11.6 Å². The van der Waals surface area contributed by atoms with E-state index in [1.54, 1.807) is 27.9 Å². The fraction of sp³-hybridized carbons (Fsp3) is 0.889. The van der Waals surface area contributed by atoms with Gasteiger partial charge in [0.2, 0.25) is 0 Å². The van der Waals surface area contributed by atoms with Gasteiger partial charge in [0.25, 0.3) is 0 Å². The van der Waals surface area contributed by atoms with E-state index in [4.69, 9.17) is 18.9 Å². The number of aliphatic hydroxyl groups excluding tert-OH is 1. The number of nitrogens with zero attached hydrogens (tertiary/aromatic N) is 3. The van der Waals surface area contributed by atoms with Gasteiger partial charge in [-0.15, -0.1) is 0 Å². The van der Waals surface area contributed by atoms with Crippen molar-refractivity contribution in [3.8, 4) is 0 Å². The van der Waals surface area contributed by atoms with E-state index in [0.717, 1.165) is 38.4 Å². The zero-order valence-electron chi connectivity index (χ0n) is 30.3. The van der Waals surface area contributed by atoms with Crippen molar-refractivity contribution in [2.45, 2.75) is 122 Å². The maximum absolute atomic E-state index is 14.2. The van der Waals surface area contributed by atoms with E-state index in [0.29, 0.717) is 12.8 Å². The van der Waals surface area contributed by atoms with Crippen LogP contribution in [0.4, 0.5) is 0 Å². The third-order valence-electron chi connectivity index (χ3n) is 11.1. The molecule has 0 aromatic carbocycles. The summed E-state index contributed by atoms with van der Waals surface area (Å²) in [6, 6.07) is -0.174. The Bertz CT molecular complexity index is 1080. The first-order valence-corrected chi connectivity index (χ1v) is 17.6. The van der Waals surface area contributed by atoms with Gasteiger partial charge < -0.3 is 29.0 Å². The molecule has 0 unspecified atom stereocenters. The van der Waals surface area contributed by atoms with Crippen LogP contribution in [0.5, 0.6) is 0 Å². The van der Waals surface area contributed by atoms with E-state index in [9.17, 15) is 14.7 Å². The van der Waals surface area contributed by atoms with E-state index in [2.05, 4.69) is 29.8 Å². The Morgan fingerprint density at radius 3 is 2.41 bits per heavy atom. The van der Waals surface area contributed by atoms with Crippen molar-refractivity contribution < 1.29 is 33.6 Å². The summed E-state index contributed by atoms with van der Waals surface area (Å²) in [5, 5.41) is 11.3. The first kappa shape index (κ1) is 37.4. The highest BCUT2D eigenvalue weighted by Crippen LogP contribution is 2.38. The van der Waals surface area contributed by atoms with Gasteiger partial charge in [0.15, 0.2) is 12.1 Å². The lowest BCUT2D eigenvalue weighted by Gasteiger charge is -2.47. The van der Waals surface area contributed by atoms with Crippen LogP contribution in [-0.4, -0.2) is 135 Å². The quantitative estimate of drug-likeness (QED) is 0.238. The van der Waals surface area contributed by atoms with Crippen LogP contribution < -0.4 is 0 Å². The van der Waals surface area contributed by atoms with E-state index in [1.807, 2.05) is 32.8 Å². The van der Waals surface area contributed by atoms with Crippen LogP contribution >= 0.6 is 0 Å². The van der Waals surface area contributed by atoms with Crippen molar-refractivity contribution in [2.75, 3.05) is 61.0 Å². The highest BCUT2D eigenvalue weighted by molar-refractivity contribution is 6.04. The summed E-state index contributed by atoms with van der Waals surface area (Å²) in [5.41, 5.74) is -0.905. The molecule has 4 aliphatic rings. The summed E-state index contributed by atoms with van der Waals surface area (Å²) in [6.07, 6.45) is 5.41. The van der Waals surface area contributed by atoms with Gasteiger partial charge in [0, 0.05) is 51.3 Å². The molecular weight excluding hydrogens is 586 g/mol. The minimum Gasteiger partial charge on any atom is -0.463 e. The fourth-order valence-corrected chi connectivity index (χ4v) is 7.88. The molecule has 9 atom stereocenters. The van der Waals surface area contributed by atoms with E-state index in [-0.39, 0.29) is 36.5 Å². The van der Waals surface area contributed by atoms with Crippen molar-refractivity contribution in [1.82, 2.24) is 14.7 Å². The van der Waals surface area contributed by atoms with Crippen LogP contribution in [0.3, 0.4) is 0 Å². The predicted octanol–water partition coefficient (Wildman–Crippen LogP) is 3.75. The molecule has 0 aromatic rings. The number of esters is 1. The molecule has 46 heavy (non-hydrogen) atoms. The van der Waals surface area contributed by atoms with Gasteiger partial charge in [0.05, 0.1) is 17.8 Å². The summed E-state index contributed by atoms with van der Waals surface area (Å²) in [5.74, 6) is -0.513. The molecule has 0 spiro atoms. The molecule has 0 radical (unpaired) electrons. The summed E-state index contributed by atoms with van der Waals surface area (Å²) in [7, 11) is 7.61. The maximum Gasteiger partial charge on any atom is 0.319 e. The van der Waals surface area contributed by atoms with Gasteiger partial charge in [-0.05, 0) is 99.2 Å². The van der Waals surface area contributed by atoms with Gasteiger partial charge in [-0.25, -0.2) is 0 Å². The number of Topliss-reactive ketones (excluding diaryl/α,β-unsaturated/α-hetero) is 1. The molecule has 264 valence electrons. The molecular formula is C36H63N3O7. The monoisotopic (exact) mass is 649 g/mol. The van der Waals surface area contributed by atoms with Crippen molar-refractivity contribution in [3.63, 3.8) is 0 Å². The van der Waals surface area contributed by atoms with E-state index >= 15 is 0 Å². The average Bonchev–Trinajstić information content (AvgIpc) is 3.82. The molecule has 3 fully saturated rings. The van der Waals surface area contributed by atoms with Gasteiger partial charge in [-0.2, -0.15) is 0 Å². The fourth-order valence-electron chi connectivity index (χ4n) is 7.88. The third kappa shape index (κ3) is 8.98. The number of likely N-dealkylation sites (N-methyl/N-ethyl adjacent to an activating group) is 2. The second-order valence-corrected chi connectivity index (χ2v) is 15.9. The zero-order valence-corrected chi connectivity index (χ0v) is 30.3. The van der Waals surface area contributed by atoms with Gasteiger partial charge >= 0.3 is 5.97 Å². The largest absolute Gasteiger partial charge is 0.463 e. The first-order valence-electron chi connectivity index (χ1n) is 17.6. The molecule has 1 aliphatic carbocycles. The Morgan fingerprint density at radius 1 is 1.13 bits per heavy atom. The number of methoxy groups -OCH3 is 1. The Balaban J connectivity index is 1.59. The van der Waals surface area contributed by atoms with Gasteiger partial charge in [-0.3, -0.25) is 19.4 Å². The lowest BCUT2D eigenvalue weighted by atomic mass is 9.74. The molecule has 3 aliphatic heterocycles. The predicted molar refractivity (Wildman–Crippen MR) is 178 cm³/mol. The SMILES string of the molecule is CO[C@]1(C)C[C@@H](C)CN(C)[C@H](CC2=CCN(CC3CC3)CC2)COC(=O)C(C)(C)C(=O)[C@H](C)[C@H]1O[C@@H]1O[C@H](C)C[C@H](N(C)C)[C@H]1O. The number of carbonyl (C=O) groups is 2. The number of ether oxygens (including phenoxy) is 4. The maximum atomic E-state index is 14.2. The second-order valence-electron chi connectivity index (χ2n) is 15.9. The molecule has 10 nitrogen and oxygen atoms in total. The summed E-state index contributed by atoms with van der Waals surface area (Å²) in [6.45, 7) is 15.5. The Morgan fingerprint density at radius 2 is 1.83 bits per heavy atom. The topological polar surface area (TPSA) is 101 Å². The molecule has 10 heteroatoms. The number of cyclic esters (lactones) is 1. The molecule has 1 N–H and O–H groups in total. The smallest absolute Gasteiger partial charge is 0.319 e. The molecule has 2 saturated heterocycles. The van der Waals surface area contributed by atoms with E-state index in [1.165, 1.54) is 25.0 Å². The van der Waals surface area contributed by atoms with Crippen molar-refractivity contribution in [1.29, 1.82) is 0 Å². The Kier molecular flexibility index (Phi) is 12.6. The normalized spacial score (nSPS) is 39.3. The summed E-state index contributed by atoms with van der Waals surface area (Å²) >= 11 is 0. The third-order valence-corrected chi connectivity index (χ3v) is 11.1. The zero-order chi connectivity index (χ0) is 34.0. The van der Waals surface area contributed by atoms with Crippen LogP contribution in [0.25, 0.3) is 0 Å². The van der Waals surface area contributed by atoms with Gasteiger partial charge in [-0.1, -0.05) is 25.5 Å². The molecule has 0 aromatic heterocycles. The standard InChI is InChI=1S/C36H63N3O7/c1-23-19-36(6,43-10)32(46-33-30(40)29(37(7)8)17-24(2)45-33)25(3)31(41)35(4,5)34(42)44-22-28(38(9)20-23)18-26-13-15-39(16-14-26)21-27-11-12-27/h13,23-25,27-30,32-33,40H,11-12,14-22H2,1-10H3/t23-,24-,25+,28-,29+,30-,32-,33+,36-/m1/s1. The number of hydrogen-bond acceptors (Lipinski definition) is 10. The average molecular weight is 650 g/mol.